The summed E-state index contributed by atoms with van der Waals surface area (Å²) in [6.45, 7) is 6.45. The van der Waals surface area contributed by atoms with Crippen molar-refractivity contribution in [1.82, 2.24) is 9.55 Å². The molecule has 2 saturated heterocycles. The average Bonchev–Trinajstić information content (AvgIpc) is 3.14. The molecule has 3 heterocycles. The average molecular weight is 381 g/mol. The Balaban J connectivity index is 0.000000188. The number of hydrogen-bond donors (Lipinski definition) is 0. The van der Waals surface area contributed by atoms with E-state index in [1.165, 1.54) is 0 Å². The third-order valence-corrected chi connectivity index (χ3v) is 4.33. The van der Waals surface area contributed by atoms with Crippen LogP contribution in [0, 0.1) is 6.92 Å². The van der Waals surface area contributed by atoms with E-state index < -0.39 is 5.79 Å². The van der Waals surface area contributed by atoms with Gasteiger partial charge in [0.25, 0.3) is 0 Å². The molecule has 124 valence electrons. The lowest BCUT2D eigenvalue weighted by Crippen LogP contribution is -2.28. The van der Waals surface area contributed by atoms with E-state index in [-0.39, 0.29) is 18.4 Å². The smallest absolute Gasteiger partial charge is 0.164 e. The molecule has 23 heavy (non-hydrogen) atoms. The summed E-state index contributed by atoms with van der Waals surface area (Å²) in [6, 6.07) is 9.97. The summed E-state index contributed by atoms with van der Waals surface area (Å²) in [7, 11) is 0. The second kappa shape index (κ2) is 6.73. The number of benzene rings is 1. The van der Waals surface area contributed by atoms with Crippen molar-refractivity contribution < 1.29 is 14.2 Å². The van der Waals surface area contributed by atoms with Crippen LogP contribution in [-0.2, 0) is 14.2 Å². The Kier molecular flexibility index (Phi) is 4.87. The molecule has 0 radical (unpaired) electrons. The van der Waals surface area contributed by atoms with Crippen LogP contribution in [0.5, 0.6) is 0 Å². The summed E-state index contributed by atoms with van der Waals surface area (Å²) in [5.74, 6) is -0.508. The second-order valence-electron chi connectivity index (χ2n) is 6.10. The molecule has 0 spiro atoms. The molecule has 1 aromatic carbocycles. The molecule has 0 amide bonds. The fourth-order valence-electron chi connectivity index (χ4n) is 2.81. The van der Waals surface area contributed by atoms with Gasteiger partial charge in [0.1, 0.15) is 12.2 Å². The standard InChI is InChI=1S/C11H16N2O3.C6H5Br/c1-7-4-12-6-13(7)10-9-8(5-14-10)15-11(2,3)16-9;7-6-4-2-1-3-5-6/h4,6,8-10H,5H2,1-3H3;1-5H. The van der Waals surface area contributed by atoms with Gasteiger partial charge in [0.15, 0.2) is 12.0 Å². The van der Waals surface area contributed by atoms with Crippen molar-refractivity contribution in [1.29, 1.82) is 0 Å². The normalized spacial score (nSPS) is 28.1. The van der Waals surface area contributed by atoms with Crippen LogP contribution in [0.1, 0.15) is 25.8 Å². The number of imidazole rings is 1. The topological polar surface area (TPSA) is 45.5 Å². The van der Waals surface area contributed by atoms with Crippen LogP contribution in [0.25, 0.3) is 0 Å². The van der Waals surface area contributed by atoms with Gasteiger partial charge in [-0.3, -0.25) is 0 Å². The first-order valence-corrected chi connectivity index (χ1v) is 8.42. The predicted octanol–water partition coefficient (Wildman–Crippen LogP) is 3.69. The first-order valence-electron chi connectivity index (χ1n) is 7.62. The quantitative estimate of drug-likeness (QED) is 0.756. The number of aryl methyl sites for hydroxylation is 1. The minimum absolute atomic E-state index is 0.0294. The number of hydrogen-bond acceptors (Lipinski definition) is 4. The minimum Gasteiger partial charge on any atom is -0.352 e. The Bertz CT molecular complexity index is 644. The molecule has 5 nitrogen and oxygen atoms in total. The van der Waals surface area contributed by atoms with E-state index in [9.17, 15) is 0 Å². The highest BCUT2D eigenvalue weighted by Gasteiger charge is 2.50. The third-order valence-electron chi connectivity index (χ3n) is 3.80. The SMILES string of the molecule is Brc1ccccc1.Cc1cncn1C1OCC2OC(C)(C)OC21. The van der Waals surface area contributed by atoms with Gasteiger partial charge in [-0.05, 0) is 32.9 Å². The Morgan fingerprint density at radius 3 is 2.52 bits per heavy atom. The fourth-order valence-corrected chi connectivity index (χ4v) is 3.12. The molecule has 0 saturated carbocycles. The van der Waals surface area contributed by atoms with E-state index in [0.29, 0.717) is 6.61 Å². The molecule has 6 heteroatoms. The van der Waals surface area contributed by atoms with Crippen molar-refractivity contribution in [3.8, 4) is 0 Å². The molecule has 2 aliphatic rings. The Hall–Kier alpha value is -1.21. The van der Waals surface area contributed by atoms with Crippen LogP contribution >= 0.6 is 15.9 Å². The van der Waals surface area contributed by atoms with Crippen molar-refractivity contribution in [3.05, 3.63) is 53.0 Å². The molecular formula is C17H21BrN2O3. The molecule has 0 aliphatic carbocycles. The Labute approximate surface area is 144 Å². The first-order chi connectivity index (χ1) is 11.0. The van der Waals surface area contributed by atoms with Gasteiger partial charge in [0, 0.05) is 16.4 Å². The second-order valence-corrected chi connectivity index (χ2v) is 7.02. The van der Waals surface area contributed by atoms with Gasteiger partial charge in [-0.2, -0.15) is 0 Å². The van der Waals surface area contributed by atoms with Gasteiger partial charge in [-0.25, -0.2) is 4.98 Å². The third kappa shape index (κ3) is 3.83. The number of rotatable bonds is 1. The van der Waals surface area contributed by atoms with E-state index in [0.717, 1.165) is 10.2 Å². The molecular weight excluding hydrogens is 360 g/mol. The van der Waals surface area contributed by atoms with Crippen LogP contribution in [0.2, 0.25) is 0 Å². The maximum absolute atomic E-state index is 5.87. The van der Waals surface area contributed by atoms with Gasteiger partial charge < -0.3 is 18.8 Å². The predicted molar refractivity (Wildman–Crippen MR) is 89.9 cm³/mol. The van der Waals surface area contributed by atoms with Crippen LogP contribution in [0.15, 0.2) is 47.3 Å². The minimum atomic E-state index is -0.508. The van der Waals surface area contributed by atoms with E-state index in [2.05, 4.69) is 20.9 Å². The highest BCUT2D eigenvalue weighted by Crippen LogP contribution is 2.39. The molecule has 3 atom stereocenters. The fraction of sp³-hybridized carbons (Fsp3) is 0.471. The molecule has 1 aromatic heterocycles. The van der Waals surface area contributed by atoms with Gasteiger partial charge in [-0.1, -0.05) is 34.1 Å². The van der Waals surface area contributed by atoms with Crippen LogP contribution in [-0.4, -0.2) is 34.2 Å². The van der Waals surface area contributed by atoms with Gasteiger partial charge in [-0.15, -0.1) is 0 Å². The van der Waals surface area contributed by atoms with E-state index in [4.69, 9.17) is 14.2 Å². The number of fused-ring (bicyclic) bond motifs is 1. The number of aromatic nitrogens is 2. The zero-order valence-corrected chi connectivity index (χ0v) is 15.1. The molecule has 2 fully saturated rings. The van der Waals surface area contributed by atoms with Crippen molar-refractivity contribution in [3.63, 3.8) is 0 Å². The lowest BCUT2D eigenvalue weighted by atomic mass is 10.2. The first kappa shape index (κ1) is 16.6. The lowest BCUT2D eigenvalue weighted by molar-refractivity contribution is -0.183. The van der Waals surface area contributed by atoms with Crippen molar-refractivity contribution >= 4 is 15.9 Å². The number of halogens is 1. The lowest BCUT2D eigenvalue weighted by Gasteiger charge is -2.23. The van der Waals surface area contributed by atoms with Crippen LogP contribution in [0.3, 0.4) is 0 Å². The highest BCUT2D eigenvalue weighted by atomic mass is 79.9. The zero-order chi connectivity index (χ0) is 16.4. The van der Waals surface area contributed by atoms with E-state index in [1.54, 1.807) is 6.33 Å². The molecule has 0 N–H and O–H groups in total. The molecule has 2 aliphatic heterocycles. The molecule has 4 rings (SSSR count). The van der Waals surface area contributed by atoms with Crippen molar-refractivity contribution in [2.45, 2.75) is 45.0 Å². The summed E-state index contributed by atoms with van der Waals surface area (Å²) in [6.07, 6.45) is 3.47. The molecule has 2 aromatic rings. The summed E-state index contributed by atoms with van der Waals surface area (Å²) in [5.41, 5.74) is 1.07. The van der Waals surface area contributed by atoms with E-state index >= 15 is 0 Å². The number of ether oxygens (including phenoxy) is 3. The summed E-state index contributed by atoms with van der Waals surface area (Å²) in [4.78, 5) is 4.10. The van der Waals surface area contributed by atoms with E-state index in [1.807, 2.05) is 61.9 Å². The largest absolute Gasteiger partial charge is 0.352 e. The maximum Gasteiger partial charge on any atom is 0.164 e. The van der Waals surface area contributed by atoms with Gasteiger partial charge in [0.05, 0.1) is 12.9 Å². The molecule has 0 bridgehead atoms. The monoisotopic (exact) mass is 380 g/mol. The maximum atomic E-state index is 5.87. The summed E-state index contributed by atoms with van der Waals surface area (Å²) >= 11 is 3.31. The number of nitrogens with zero attached hydrogens (tertiary/aromatic N) is 2. The summed E-state index contributed by atoms with van der Waals surface area (Å²) < 4.78 is 20.5. The van der Waals surface area contributed by atoms with Crippen molar-refractivity contribution in [2.24, 2.45) is 0 Å². The molecule has 3 unspecified atom stereocenters. The zero-order valence-electron chi connectivity index (χ0n) is 13.5. The highest BCUT2D eigenvalue weighted by molar-refractivity contribution is 9.10. The van der Waals surface area contributed by atoms with Crippen LogP contribution < -0.4 is 0 Å². The van der Waals surface area contributed by atoms with Gasteiger partial charge in [0.2, 0.25) is 0 Å². The summed E-state index contributed by atoms with van der Waals surface area (Å²) in [5, 5.41) is 0. The Morgan fingerprint density at radius 2 is 1.96 bits per heavy atom. The van der Waals surface area contributed by atoms with Crippen LogP contribution in [0.4, 0.5) is 0 Å². The van der Waals surface area contributed by atoms with Gasteiger partial charge >= 0.3 is 0 Å². The van der Waals surface area contributed by atoms with Crippen molar-refractivity contribution in [2.75, 3.05) is 6.61 Å². The Morgan fingerprint density at radius 1 is 1.22 bits per heavy atom.